The summed E-state index contributed by atoms with van der Waals surface area (Å²) in [7, 11) is 0. The van der Waals surface area contributed by atoms with Crippen LogP contribution in [0.2, 0.25) is 0 Å². The molecule has 0 saturated carbocycles. The molecule has 27 heavy (non-hydrogen) atoms. The topological polar surface area (TPSA) is 90.1 Å². The van der Waals surface area contributed by atoms with Gasteiger partial charge in [-0.2, -0.15) is 0 Å². The van der Waals surface area contributed by atoms with Crippen LogP contribution in [0.25, 0.3) is 5.69 Å². The van der Waals surface area contributed by atoms with Crippen molar-refractivity contribution in [3.8, 4) is 5.69 Å². The lowest BCUT2D eigenvalue weighted by Crippen LogP contribution is -2.25. The summed E-state index contributed by atoms with van der Waals surface area (Å²) in [5, 5.41) is 13.6. The molecule has 0 fully saturated rings. The molecule has 7 nitrogen and oxygen atoms in total. The fourth-order valence-corrected chi connectivity index (χ4v) is 3.35. The Hall–Kier alpha value is -3.13. The molecule has 1 amide bonds. The first-order valence-corrected chi connectivity index (χ1v) is 9.43. The number of hydrogen-bond acceptors (Lipinski definition) is 5. The van der Waals surface area contributed by atoms with Gasteiger partial charge in [0.05, 0.1) is 22.7 Å². The van der Waals surface area contributed by atoms with Crippen LogP contribution in [-0.4, -0.2) is 26.1 Å². The minimum Gasteiger partial charge on any atom is -0.351 e. The highest BCUT2D eigenvalue weighted by Gasteiger charge is 2.08. The molecule has 3 aromatic rings. The Balaban J connectivity index is 1.47. The molecular formula is C19H18N4O3S. The van der Waals surface area contributed by atoms with Gasteiger partial charge in [0.25, 0.3) is 5.69 Å². The maximum atomic E-state index is 12.1. The number of nitrogens with one attached hydrogen (secondary N) is 1. The lowest BCUT2D eigenvalue weighted by Gasteiger charge is -2.11. The number of nitro benzene ring substituents is 1. The summed E-state index contributed by atoms with van der Waals surface area (Å²) in [6.07, 6.45) is 5.30. The summed E-state index contributed by atoms with van der Waals surface area (Å²) < 4.78 is 1.91. The molecule has 1 heterocycles. The highest BCUT2D eigenvalue weighted by atomic mass is 32.2. The third-order valence-electron chi connectivity index (χ3n) is 3.90. The van der Waals surface area contributed by atoms with Crippen molar-refractivity contribution in [2.24, 2.45) is 0 Å². The number of non-ortho nitro benzene ring substituents is 1. The number of nitrogens with zero attached hydrogens (tertiary/aromatic N) is 3. The zero-order valence-corrected chi connectivity index (χ0v) is 15.3. The van der Waals surface area contributed by atoms with E-state index < -0.39 is 4.92 Å². The van der Waals surface area contributed by atoms with E-state index in [9.17, 15) is 14.9 Å². The molecule has 0 bridgehead atoms. The van der Waals surface area contributed by atoms with Crippen molar-refractivity contribution in [2.45, 2.75) is 12.3 Å². The molecule has 1 N–H and O–H groups in total. The molecule has 1 aromatic heterocycles. The minimum absolute atomic E-state index is 0.0534. The largest absolute Gasteiger partial charge is 0.351 e. The molecule has 0 saturated heterocycles. The molecule has 0 radical (unpaired) electrons. The van der Waals surface area contributed by atoms with E-state index in [1.165, 1.54) is 23.9 Å². The first kappa shape index (κ1) is 18.7. The van der Waals surface area contributed by atoms with E-state index in [0.29, 0.717) is 18.1 Å². The number of aromatic nitrogens is 2. The predicted molar refractivity (Wildman–Crippen MR) is 105 cm³/mol. The Morgan fingerprint density at radius 3 is 2.67 bits per heavy atom. The van der Waals surface area contributed by atoms with Gasteiger partial charge < -0.3 is 9.88 Å². The van der Waals surface area contributed by atoms with Gasteiger partial charge in [-0.1, -0.05) is 30.3 Å². The van der Waals surface area contributed by atoms with E-state index in [1.54, 1.807) is 24.7 Å². The number of carbonyl (C=O) groups is 1. The van der Waals surface area contributed by atoms with Crippen molar-refractivity contribution in [2.75, 3.05) is 5.75 Å². The summed E-state index contributed by atoms with van der Waals surface area (Å²) in [5.74, 6) is 0.892. The van der Waals surface area contributed by atoms with Gasteiger partial charge in [-0.25, -0.2) is 4.98 Å². The Kier molecular flexibility index (Phi) is 6.22. The molecule has 3 rings (SSSR count). The summed E-state index contributed by atoms with van der Waals surface area (Å²) in [6.45, 7) is 0.436. The Morgan fingerprint density at radius 2 is 1.96 bits per heavy atom. The zero-order valence-electron chi connectivity index (χ0n) is 14.4. The van der Waals surface area contributed by atoms with Crippen LogP contribution < -0.4 is 5.32 Å². The number of benzene rings is 2. The normalized spacial score (nSPS) is 10.5. The molecule has 0 unspecified atom stereocenters. The van der Waals surface area contributed by atoms with Crippen molar-refractivity contribution < 1.29 is 9.72 Å². The molecule has 2 aromatic carbocycles. The van der Waals surface area contributed by atoms with E-state index in [4.69, 9.17) is 0 Å². The van der Waals surface area contributed by atoms with Crippen LogP contribution in [0, 0.1) is 10.1 Å². The third-order valence-corrected chi connectivity index (χ3v) is 4.90. The van der Waals surface area contributed by atoms with E-state index >= 15 is 0 Å². The lowest BCUT2D eigenvalue weighted by molar-refractivity contribution is -0.384. The standard InChI is InChI=1S/C19H18N4O3S/c24-19(13-27-12-15-5-7-17(8-6-15)23(25)26)21-11-16-3-1-2-4-18(16)22-10-9-20-14-22/h1-10,14H,11-13H2,(H,21,24). The van der Waals surface area contributed by atoms with Gasteiger partial charge in [0.2, 0.25) is 5.91 Å². The average molecular weight is 382 g/mol. The monoisotopic (exact) mass is 382 g/mol. The molecule has 0 aliphatic carbocycles. The average Bonchev–Trinajstić information content (AvgIpc) is 3.21. The second-order valence-corrected chi connectivity index (χ2v) is 6.78. The molecule has 8 heteroatoms. The third kappa shape index (κ3) is 5.18. The summed E-state index contributed by atoms with van der Waals surface area (Å²) >= 11 is 1.47. The van der Waals surface area contributed by atoms with Gasteiger partial charge in [-0.15, -0.1) is 11.8 Å². The number of rotatable bonds is 8. The van der Waals surface area contributed by atoms with E-state index in [0.717, 1.165) is 16.8 Å². The smallest absolute Gasteiger partial charge is 0.269 e. The maximum Gasteiger partial charge on any atom is 0.269 e. The van der Waals surface area contributed by atoms with Crippen molar-refractivity contribution in [1.82, 2.24) is 14.9 Å². The molecule has 0 aliphatic heterocycles. The van der Waals surface area contributed by atoms with Crippen molar-refractivity contribution in [1.29, 1.82) is 0 Å². The van der Waals surface area contributed by atoms with Crippen LogP contribution in [0.1, 0.15) is 11.1 Å². The molecule has 0 spiro atoms. The van der Waals surface area contributed by atoms with Gasteiger partial charge in [-0.3, -0.25) is 14.9 Å². The van der Waals surface area contributed by atoms with Crippen LogP contribution in [0.15, 0.2) is 67.3 Å². The zero-order chi connectivity index (χ0) is 19.1. The highest BCUT2D eigenvalue weighted by molar-refractivity contribution is 7.99. The molecule has 138 valence electrons. The maximum absolute atomic E-state index is 12.1. The Morgan fingerprint density at radius 1 is 1.19 bits per heavy atom. The number of hydrogen-bond donors (Lipinski definition) is 1. The number of para-hydroxylation sites is 1. The number of carbonyl (C=O) groups excluding carboxylic acids is 1. The fourth-order valence-electron chi connectivity index (χ4n) is 2.53. The van der Waals surface area contributed by atoms with Gasteiger partial charge >= 0.3 is 0 Å². The second-order valence-electron chi connectivity index (χ2n) is 5.79. The van der Waals surface area contributed by atoms with Gasteiger partial charge in [0.1, 0.15) is 0 Å². The van der Waals surface area contributed by atoms with Crippen molar-refractivity contribution in [3.05, 3.63) is 88.5 Å². The van der Waals surface area contributed by atoms with Gasteiger partial charge in [0.15, 0.2) is 0 Å². The number of thioether (sulfide) groups is 1. The van der Waals surface area contributed by atoms with Crippen LogP contribution in [0.4, 0.5) is 5.69 Å². The first-order valence-electron chi connectivity index (χ1n) is 8.27. The molecule has 0 atom stereocenters. The van der Waals surface area contributed by atoms with Crippen molar-refractivity contribution in [3.63, 3.8) is 0 Å². The van der Waals surface area contributed by atoms with Gasteiger partial charge in [-0.05, 0) is 17.2 Å². The molecular weight excluding hydrogens is 364 g/mol. The van der Waals surface area contributed by atoms with E-state index in [1.807, 2.05) is 35.0 Å². The number of amides is 1. The van der Waals surface area contributed by atoms with Crippen LogP contribution >= 0.6 is 11.8 Å². The summed E-state index contributed by atoms with van der Waals surface area (Å²) in [4.78, 5) is 26.4. The minimum atomic E-state index is -0.425. The number of imidazole rings is 1. The molecule has 0 aliphatic rings. The fraction of sp³-hybridized carbons (Fsp3) is 0.158. The van der Waals surface area contributed by atoms with Crippen LogP contribution in [0.3, 0.4) is 0 Å². The van der Waals surface area contributed by atoms with Crippen LogP contribution in [-0.2, 0) is 17.1 Å². The van der Waals surface area contributed by atoms with E-state index in [2.05, 4.69) is 10.3 Å². The first-order chi connectivity index (χ1) is 13.1. The highest BCUT2D eigenvalue weighted by Crippen LogP contribution is 2.17. The van der Waals surface area contributed by atoms with Crippen LogP contribution in [0.5, 0.6) is 0 Å². The summed E-state index contributed by atoms with van der Waals surface area (Å²) in [5.41, 5.74) is 3.00. The van der Waals surface area contributed by atoms with Gasteiger partial charge in [0, 0.05) is 36.8 Å². The Labute approximate surface area is 160 Å². The lowest BCUT2D eigenvalue weighted by atomic mass is 10.1. The van der Waals surface area contributed by atoms with Crippen molar-refractivity contribution >= 4 is 23.4 Å². The summed E-state index contributed by atoms with van der Waals surface area (Å²) in [6, 6.07) is 14.2. The number of nitro groups is 1. The second kappa shape index (κ2) is 9.00. The predicted octanol–water partition coefficient (Wildman–Crippen LogP) is 3.33. The Bertz CT molecular complexity index is 911. The SMILES string of the molecule is O=C(CSCc1ccc([N+](=O)[O-])cc1)NCc1ccccc1-n1ccnc1. The quantitative estimate of drug-likeness (QED) is 0.477. The van der Waals surface area contributed by atoms with E-state index in [-0.39, 0.29) is 11.6 Å².